The zero-order valence-corrected chi connectivity index (χ0v) is 16.2. The predicted molar refractivity (Wildman–Crippen MR) is 96.0 cm³/mol. The number of pyridine rings is 1. The van der Waals surface area contributed by atoms with Gasteiger partial charge < -0.3 is 14.6 Å². The Labute approximate surface area is 176 Å². The monoisotopic (exact) mass is 460 g/mol. The first-order chi connectivity index (χ1) is 15.0. The van der Waals surface area contributed by atoms with Gasteiger partial charge in [0.25, 0.3) is 0 Å². The molecule has 1 N–H and O–H groups in total. The molecule has 1 amide bonds. The Balaban J connectivity index is 1.84. The molecule has 0 fully saturated rings. The number of carbonyl (C=O) groups excluding carboxylic acids is 1. The number of amides is 1. The number of alkyl carbamates (subject to hydrolysis) is 1. The van der Waals surface area contributed by atoms with Crippen LogP contribution in [0.15, 0.2) is 47.1 Å². The first-order valence-electron chi connectivity index (χ1n) is 8.85. The molecule has 0 bridgehead atoms. The first-order valence-corrected chi connectivity index (χ1v) is 8.85. The zero-order valence-electron chi connectivity index (χ0n) is 16.2. The van der Waals surface area contributed by atoms with Gasteiger partial charge in [-0.3, -0.25) is 4.98 Å². The van der Waals surface area contributed by atoms with Gasteiger partial charge in [0.2, 0.25) is 5.82 Å². The number of carbonyl (C=O) groups is 1. The molecule has 7 nitrogen and oxygen atoms in total. The standard InChI is InChI=1S/C19H14F6N4O3/c1-31-17(30)27-14(10-3-2-4-12(7-10)18(20,21)22)8-13-6-5-11(9-26-13)15-28-16(32-29-15)19(23,24)25/h2-7,9,14H,8H2,1H3,(H,27,30). The largest absolute Gasteiger partial charge is 0.471 e. The molecular formula is C19H14F6N4O3. The van der Waals surface area contributed by atoms with Crippen LogP contribution in [0.3, 0.4) is 0 Å². The summed E-state index contributed by atoms with van der Waals surface area (Å²) < 4.78 is 85.6. The number of nitrogens with zero attached hydrogens (tertiary/aromatic N) is 3. The summed E-state index contributed by atoms with van der Waals surface area (Å²) in [6.07, 6.45) is -9.09. The number of aromatic nitrogens is 3. The number of halogens is 6. The third-order valence-electron chi connectivity index (χ3n) is 4.26. The van der Waals surface area contributed by atoms with E-state index in [1.807, 2.05) is 0 Å². The van der Waals surface area contributed by atoms with Crippen LogP contribution in [0.1, 0.15) is 28.8 Å². The van der Waals surface area contributed by atoms with Crippen LogP contribution >= 0.6 is 0 Å². The molecule has 0 aliphatic rings. The number of alkyl halides is 6. The van der Waals surface area contributed by atoms with Gasteiger partial charge >= 0.3 is 24.3 Å². The summed E-state index contributed by atoms with van der Waals surface area (Å²) >= 11 is 0. The lowest BCUT2D eigenvalue weighted by atomic mass is 9.99. The molecule has 0 radical (unpaired) electrons. The van der Waals surface area contributed by atoms with Crippen molar-refractivity contribution in [2.75, 3.05) is 7.11 Å². The molecule has 0 aliphatic carbocycles. The van der Waals surface area contributed by atoms with Gasteiger partial charge in [-0.05, 0) is 29.8 Å². The Hall–Kier alpha value is -3.64. The minimum atomic E-state index is -4.80. The molecule has 2 aromatic heterocycles. The first kappa shape index (κ1) is 23.0. The van der Waals surface area contributed by atoms with Crippen LogP contribution in [0, 0.1) is 0 Å². The van der Waals surface area contributed by atoms with E-state index in [4.69, 9.17) is 0 Å². The van der Waals surface area contributed by atoms with Gasteiger partial charge in [0.1, 0.15) is 0 Å². The Kier molecular flexibility index (Phi) is 6.37. The molecule has 170 valence electrons. The van der Waals surface area contributed by atoms with Gasteiger partial charge in [-0.25, -0.2) is 4.79 Å². The molecule has 1 aromatic carbocycles. The second-order valence-electron chi connectivity index (χ2n) is 6.47. The summed E-state index contributed by atoms with van der Waals surface area (Å²) in [5, 5.41) is 5.69. The van der Waals surface area contributed by atoms with Crippen LogP contribution in [0.5, 0.6) is 0 Å². The summed E-state index contributed by atoms with van der Waals surface area (Å²) in [4.78, 5) is 19.0. The Bertz CT molecular complexity index is 1080. The molecule has 0 aliphatic heterocycles. The van der Waals surface area contributed by atoms with Gasteiger partial charge in [0.15, 0.2) is 0 Å². The molecule has 2 heterocycles. The number of nitrogens with one attached hydrogen (secondary N) is 1. The average Bonchev–Trinajstić information content (AvgIpc) is 3.24. The van der Waals surface area contributed by atoms with E-state index >= 15 is 0 Å². The number of benzene rings is 1. The van der Waals surface area contributed by atoms with E-state index < -0.39 is 35.9 Å². The second kappa shape index (κ2) is 8.85. The summed E-state index contributed by atoms with van der Waals surface area (Å²) in [7, 11) is 1.10. The van der Waals surface area contributed by atoms with E-state index in [0.29, 0.717) is 5.69 Å². The third-order valence-corrected chi connectivity index (χ3v) is 4.26. The molecule has 1 atom stereocenters. The topological polar surface area (TPSA) is 90.1 Å². The summed E-state index contributed by atoms with van der Waals surface area (Å²) in [5.74, 6) is -1.85. The van der Waals surface area contributed by atoms with Crippen molar-refractivity contribution in [3.8, 4) is 11.4 Å². The quantitative estimate of drug-likeness (QED) is 0.550. The van der Waals surface area contributed by atoms with Crippen LogP contribution in [0.4, 0.5) is 31.1 Å². The number of rotatable bonds is 5. The van der Waals surface area contributed by atoms with E-state index in [2.05, 4.69) is 29.7 Å². The maximum absolute atomic E-state index is 13.1. The average molecular weight is 460 g/mol. The normalized spacial score (nSPS) is 13.0. The molecule has 0 spiro atoms. The Morgan fingerprint density at radius 2 is 1.88 bits per heavy atom. The molecule has 0 saturated heterocycles. The van der Waals surface area contributed by atoms with Crippen molar-refractivity contribution in [3.05, 3.63) is 65.3 Å². The minimum absolute atomic E-state index is 0.0310. The van der Waals surface area contributed by atoms with Crippen molar-refractivity contribution >= 4 is 6.09 Å². The molecule has 3 aromatic rings. The smallest absolute Gasteiger partial charge is 0.453 e. The highest BCUT2D eigenvalue weighted by Crippen LogP contribution is 2.32. The molecule has 3 rings (SSSR count). The lowest BCUT2D eigenvalue weighted by Crippen LogP contribution is -2.30. The highest BCUT2D eigenvalue weighted by atomic mass is 19.4. The number of methoxy groups -OCH3 is 1. The van der Waals surface area contributed by atoms with Crippen molar-refractivity contribution in [3.63, 3.8) is 0 Å². The summed E-state index contributed by atoms with van der Waals surface area (Å²) in [6, 6.07) is 6.26. The van der Waals surface area contributed by atoms with Crippen molar-refractivity contribution in [2.24, 2.45) is 0 Å². The highest BCUT2D eigenvalue weighted by Gasteiger charge is 2.38. The number of ether oxygens (including phenoxy) is 1. The fourth-order valence-electron chi connectivity index (χ4n) is 2.73. The van der Waals surface area contributed by atoms with Gasteiger partial charge in [0.05, 0.1) is 18.7 Å². The highest BCUT2D eigenvalue weighted by molar-refractivity contribution is 5.67. The van der Waals surface area contributed by atoms with E-state index in [1.165, 1.54) is 30.5 Å². The van der Waals surface area contributed by atoms with Crippen molar-refractivity contribution < 1.29 is 40.4 Å². The van der Waals surface area contributed by atoms with Crippen LogP contribution in [0.2, 0.25) is 0 Å². The summed E-state index contributed by atoms with van der Waals surface area (Å²) in [6.45, 7) is 0. The molecule has 32 heavy (non-hydrogen) atoms. The van der Waals surface area contributed by atoms with E-state index in [9.17, 15) is 31.1 Å². The lowest BCUT2D eigenvalue weighted by molar-refractivity contribution is -0.159. The van der Waals surface area contributed by atoms with E-state index in [-0.39, 0.29) is 23.4 Å². The van der Waals surface area contributed by atoms with Gasteiger partial charge in [-0.2, -0.15) is 31.3 Å². The maximum Gasteiger partial charge on any atom is 0.471 e. The molecule has 1 unspecified atom stereocenters. The lowest BCUT2D eigenvalue weighted by Gasteiger charge is -2.19. The van der Waals surface area contributed by atoms with E-state index in [1.54, 1.807) is 0 Å². The van der Waals surface area contributed by atoms with Gasteiger partial charge in [0, 0.05) is 23.9 Å². The van der Waals surface area contributed by atoms with Gasteiger partial charge in [-0.1, -0.05) is 17.3 Å². The van der Waals surface area contributed by atoms with Crippen molar-refractivity contribution in [1.29, 1.82) is 0 Å². The number of hydrogen-bond donors (Lipinski definition) is 1. The second-order valence-corrected chi connectivity index (χ2v) is 6.47. The maximum atomic E-state index is 13.1. The predicted octanol–water partition coefficient (Wildman–Crippen LogP) is 4.81. The van der Waals surface area contributed by atoms with E-state index in [0.717, 1.165) is 19.2 Å². The van der Waals surface area contributed by atoms with Crippen molar-refractivity contribution in [1.82, 2.24) is 20.4 Å². The van der Waals surface area contributed by atoms with Crippen LogP contribution in [-0.4, -0.2) is 28.3 Å². The molecular weight excluding hydrogens is 446 g/mol. The minimum Gasteiger partial charge on any atom is -0.453 e. The fourth-order valence-corrected chi connectivity index (χ4v) is 2.73. The Morgan fingerprint density at radius 3 is 2.44 bits per heavy atom. The van der Waals surface area contributed by atoms with Crippen LogP contribution in [-0.2, 0) is 23.5 Å². The van der Waals surface area contributed by atoms with Crippen molar-refractivity contribution in [2.45, 2.75) is 24.8 Å². The fraction of sp³-hybridized carbons (Fsp3) is 0.263. The molecule has 13 heteroatoms. The number of hydrogen-bond acceptors (Lipinski definition) is 6. The SMILES string of the molecule is COC(=O)NC(Cc1ccc(-c2noc(C(F)(F)F)n2)cn1)c1cccc(C(F)(F)F)c1. The van der Waals surface area contributed by atoms with Gasteiger partial charge in [-0.15, -0.1) is 0 Å². The van der Waals surface area contributed by atoms with Crippen LogP contribution < -0.4 is 5.32 Å². The zero-order chi connectivity index (χ0) is 23.5. The third kappa shape index (κ3) is 5.53. The Morgan fingerprint density at radius 1 is 1.12 bits per heavy atom. The van der Waals surface area contributed by atoms with Crippen LogP contribution in [0.25, 0.3) is 11.4 Å². The molecule has 0 saturated carbocycles. The summed E-state index contributed by atoms with van der Waals surface area (Å²) in [5.41, 5.74) is -0.284.